The van der Waals surface area contributed by atoms with Crippen LogP contribution >= 0.6 is 0 Å². The van der Waals surface area contributed by atoms with Crippen LogP contribution in [0.3, 0.4) is 0 Å². The molecule has 0 unspecified atom stereocenters. The van der Waals surface area contributed by atoms with E-state index in [0.717, 1.165) is 0 Å². The number of tetrazole rings is 1. The van der Waals surface area contributed by atoms with Crippen LogP contribution < -0.4 is 5.43 Å². The first-order chi connectivity index (χ1) is 10.7. The Balaban J connectivity index is 1.74. The third-order valence-corrected chi connectivity index (χ3v) is 2.72. The number of furan rings is 1. The van der Waals surface area contributed by atoms with Crippen LogP contribution in [0.2, 0.25) is 0 Å². The minimum Gasteiger partial charge on any atom is -0.478 e. The van der Waals surface area contributed by atoms with Crippen molar-refractivity contribution in [3.63, 3.8) is 0 Å². The maximum atomic E-state index is 11.0. The predicted molar refractivity (Wildman–Crippen MR) is 76.5 cm³/mol. The lowest BCUT2D eigenvalue weighted by Gasteiger charge is -1.98. The zero-order valence-electron chi connectivity index (χ0n) is 11.1. The molecule has 3 rings (SSSR count). The first kappa shape index (κ1) is 13.5. The first-order valence-electron chi connectivity index (χ1n) is 6.18. The number of carbonyl (C=O) groups is 1. The number of nitrogens with zero attached hydrogens (tertiary/aromatic N) is 4. The molecule has 0 amide bonds. The lowest BCUT2D eigenvalue weighted by molar-refractivity contribution is 0.0697. The van der Waals surface area contributed by atoms with E-state index in [1.807, 2.05) is 0 Å². The minimum absolute atomic E-state index is 0.197. The Morgan fingerprint density at radius 1 is 1.36 bits per heavy atom. The second-order valence-electron chi connectivity index (χ2n) is 4.19. The molecule has 0 fully saturated rings. The molecule has 1 aromatic carbocycles. The summed E-state index contributed by atoms with van der Waals surface area (Å²) >= 11 is 0. The summed E-state index contributed by atoms with van der Waals surface area (Å²) in [5, 5.41) is 25.9. The summed E-state index contributed by atoms with van der Waals surface area (Å²) in [6.07, 6.45) is 1.45. The molecular formula is C13H10N6O3. The zero-order chi connectivity index (χ0) is 15.4. The summed E-state index contributed by atoms with van der Waals surface area (Å²) in [4.78, 5) is 11.0. The van der Waals surface area contributed by atoms with Gasteiger partial charge in [-0.05, 0) is 29.5 Å². The van der Waals surface area contributed by atoms with Crippen LogP contribution in [-0.2, 0) is 0 Å². The molecule has 22 heavy (non-hydrogen) atoms. The molecule has 0 aliphatic rings. The summed E-state index contributed by atoms with van der Waals surface area (Å²) in [7, 11) is 0. The van der Waals surface area contributed by atoms with Crippen LogP contribution in [0, 0.1) is 0 Å². The lowest BCUT2D eigenvalue weighted by Crippen LogP contribution is -1.95. The van der Waals surface area contributed by atoms with Crippen LogP contribution in [0.25, 0.3) is 11.3 Å². The van der Waals surface area contributed by atoms with Crippen molar-refractivity contribution in [3.8, 4) is 11.3 Å². The van der Waals surface area contributed by atoms with Gasteiger partial charge in [-0.1, -0.05) is 17.2 Å². The Labute approximate surface area is 123 Å². The molecule has 0 spiro atoms. The topological polar surface area (TPSA) is 129 Å². The normalized spacial score (nSPS) is 10.9. The summed E-state index contributed by atoms with van der Waals surface area (Å²) in [5.74, 6) is 0.285. The number of carboxylic acids is 1. The Hall–Kier alpha value is -3.49. The van der Waals surface area contributed by atoms with Gasteiger partial charge in [-0.3, -0.25) is 0 Å². The van der Waals surface area contributed by atoms with E-state index < -0.39 is 5.97 Å². The second kappa shape index (κ2) is 5.87. The minimum atomic E-state index is -0.987. The molecule has 2 aromatic heterocycles. The van der Waals surface area contributed by atoms with Gasteiger partial charge in [0.05, 0.1) is 11.8 Å². The number of anilines is 1. The predicted octanol–water partition coefficient (Wildman–Crippen LogP) is 1.60. The van der Waals surface area contributed by atoms with Crippen molar-refractivity contribution in [2.45, 2.75) is 0 Å². The van der Waals surface area contributed by atoms with Crippen LogP contribution in [0.5, 0.6) is 0 Å². The fourth-order valence-electron chi connectivity index (χ4n) is 1.75. The highest BCUT2D eigenvalue weighted by Crippen LogP contribution is 2.22. The van der Waals surface area contributed by atoms with Gasteiger partial charge >= 0.3 is 5.97 Å². The highest BCUT2D eigenvalue weighted by molar-refractivity contribution is 5.89. The molecule has 0 radical (unpaired) electrons. The van der Waals surface area contributed by atoms with Crippen LogP contribution in [0.1, 0.15) is 16.1 Å². The van der Waals surface area contributed by atoms with Crippen LogP contribution in [0.4, 0.5) is 5.95 Å². The quantitative estimate of drug-likeness (QED) is 0.482. The van der Waals surface area contributed by atoms with Crippen LogP contribution in [0.15, 0.2) is 45.9 Å². The number of nitrogens with one attached hydrogen (secondary N) is 2. The maximum absolute atomic E-state index is 11.0. The van der Waals surface area contributed by atoms with Gasteiger partial charge in [0.2, 0.25) is 0 Å². The Morgan fingerprint density at radius 3 is 3.05 bits per heavy atom. The molecule has 9 nitrogen and oxygen atoms in total. The number of carboxylic acid groups (broad SMARTS) is 1. The Bertz CT molecular complexity index is 809. The number of hydrazone groups is 1. The van der Waals surface area contributed by atoms with E-state index in [1.54, 1.807) is 30.3 Å². The fraction of sp³-hybridized carbons (Fsp3) is 0. The van der Waals surface area contributed by atoms with Crippen molar-refractivity contribution in [1.29, 1.82) is 0 Å². The fourth-order valence-corrected chi connectivity index (χ4v) is 1.75. The van der Waals surface area contributed by atoms with Gasteiger partial charge in [-0.2, -0.15) is 10.3 Å². The van der Waals surface area contributed by atoms with Gasteiger partial charge in [-0.25, -0.2) is 10.2 Å². The highest BCUT2D eigenvalue weighted by Gasteiger charge is 2.07. The van der Waals surface area contributed by atoms with Gasteiger partial charge in [-0.15, -0.1) is 5.10 Å². The summed E-state index contributed by atoms with van der Waals surface area (Å²) in [6, 6.07) is 9.93. The average molecular weight is 298 g/mol. The van der Waals surface area contributed by atoms with E-state index in [2.05, 4.69) is 31.2 Å². The molecule has 0 atom stereocenters. The van der Waals surface area contributed by atoms with Crippen molar-refractivity contribution in [2.24, 2.45) is 5.10 Å². The zero-order valence-corrected chi connectivity index (χ0v) is 11.1. The van der Waals surface area contributed by atoms with Gasteiger partial charge in [0, 0.05) is 5.56 Å². The number of benzene rings is 1. The van der Waals surface area contributed by atoms with E-state index in [0.29, 0.717) is 17.1 Å². The highest BCUT2D eigenvalue weighted by atomic mass is 16.4. The van der Waals surface area contributed by atoms with Crippen molar-refractivity contribution < 1.29 is 14.3 Å². The molecule has 3 N–H and O–H groups in total. The first-order valence-corrected chi connectivity index (χ1v) is 6.18. The lowest BCUT2D eigenvalue weighted by atomic mass is 10.1. The number of aromatic nitrogens is 4. The molecule has 0 aliphatic heterocycles. The molecule has 0 saturated carbocycles. The van der Waals surface area contributed by atoms with E-state index >= 15 is 0 Å². The molecule has 0 saturated heterocycles. The van der Waals surface area contributed by atoms with Crippen molar-refractivity contribution in [3.05, 3.63) is 47.7 Å². The smallest absolute Gasteiger partial charge is 0.335 e. The third kappa shape index (κ3) is 2.98. The number of aromatic carboxylic acids is 1. The molecule has 2 heterocycles. The number of hydrogen-bond donors (Lipinski definition) is 3. The monoisotopic (exact) mass is 298 g/mol. The van der Waals surface area contributed by atoms with Gasteiger partial charge in [0.1, 0.15) is 11.5 Å². The number of aromatic amines is 1. The second-order valence-corrected chi connectivity index (χ2v) is 4.19. The molecule has 110 valence electrons. The van der Waals surface area contributed by atoms with E-state index in [9.17, 15) is 4.79 Å². The average Bonchev–Trinajstić information content (AvgIpc) is 3.19. The third-order valence-electron chi connectivity index (χ3n) is 2.72. The maximum Gasteiger partial charge on any atom is 0.335 e. The molecule has 0 aliphatic carbocycles. The Morgan fingerprint density at radius 2 is 2.27 bits per heavy atom. The summed E-state index contributed by atoms with van der Waals surface area (Å²) in [6.45, 7) is 0. The Kier molecular flexibility index (Phi) is 3.60. The van der Waals surface area contributed by atoms with Crippen molar-refractivity contribution >= 4 is 18.1 Å². The van der Waals surface area contributed by atoms with Gasteiger partial charge in [0.25, 0.3) is 5.95 Å². The number of H-pyrrole nitrogens is 1. The summed E-state index contributed by atoms with van der Waals surface area (Å²) < 4.78 is 5.58. The van der Waals surface area contributed by atoms with E-state index in [1.165, 1.54) is 12.3 Å². The van der Waals surface area contributed by atoms with Crippen molar-refractivity contribution in [1.82, 2.24) is 20.6 Å². The van der Waals surface area contributed by atoms with Crippen LogP contribution in [-0.4, -0.2) is 37.9 Å². The molecular weight excluding hydrogens is 288 g/mol. The van der Waals surface area contributed by atoms with E-state index in [4.69, 9.17) is 9.52 Å². The van der Waals surface area contributed by atoms with Gasteiger partial charge < -0.3 is 9.52 Å². The van der Waals surface area contributed by atoms with Gasteiger partial charge in [0.15, 0.2) is 0 Å². The largest absolute Gasteiger partial charge is 0.478 e. The molecule has 0 bridgehead atoms. The number of rotatable bonds is 5. The standard InChI is InChI=1S/C13H10N6O3/c20-12(21)9-3-1-2-8(6-9)11-5-4-10(22-11)7-14-15-13-16-18-19-17-13/h1-7H,(H,20,21)(H2,15,16,17,18,19)/b14-7+. The number of hydrogen-bond acceptors (Lipinski definition) is 7. The molecule has 3 aromatic rings. The van der Waals surface area contributed by atoms with E-state index in [-0.39, 0.29) is 11.5 Å². The summed E-state index contributed by atoms with van der Waals surface area (Å²) in [5.41, 5.74) is 3.43. The molecule has 9 heteroatoms. The SMILES string of the molecule is O=C(O)c1cccc(-c2ccc(/C=N/Nc3nn[nH]n3)o2)c1. The van der Waals surface area contributed by atoms with Crippen molar-refractivity contribution in [2.75, 3.05) is 5.43 Å².